The number of carbonyl (C=O) groups excluding carboxylic acids is 3. The second-order valence-electron chi connectivity index (χ2n) is 10.2. The Bertz CT molecular complexity index is 808. The Morgan fingerprint density at radius 1 is 1.05 bits per heavy atom. The van der Waals surface area contributed by atoms with Crippen LogP contribution in [0.4, 0.5) is 0 Å². The first-order valence-electron chi connectivity index (χ1n) is 13.3. The minimum atomic E-state index is -1.07. The molecule has 0 spiro atoms. The molecule has 1 saturated heterocycles. The largest absolute Gasteiger partial charge is 0.481 e. The minimum Gasteiger partial charge on any atom is -0.481 e. The van der Waals surface area contributed by atoms with Crippen LogP contribution in [0.2, 0.25) is 0 Å². The van der Waals surface area contributed by atoms with Crippen molar-refractivity contribution >= 4 is 45.3 Å². The number of likely N-dealkylation sites (N-methyl/N-ethyl adjacent to an activating group) is 2. The summed E-state index contributed by atoms with van der Waals surface area (Å²) in [6, 6.07) is -2.50. The molecular formula is C24H45N7O5S2. The number of fused-ring (bicyclic) bond motifs is 1. The number of nitrogens with one attached hydrogen (secondary N) is 3. The highest BCUT2D eigenvalue weighted by atomic mass is 33.1. The fourth-order valence-electron chi connectivity index (χ4n) is 4.83. The number of carbonyl (C=O) groups is 4. The minimum absolute atomic E-state index is 0.176. The van der Waals surface area contributed by atoms with Crippen molar-refractivity contribution in [3.63, 3.8) is 0 Å². The fraction of sp³-hybridized carbons (Fsp3) is 0.833. The first-order valence-corrected chi connectivity index (χ1v) is 15.6. The van der Waals surface area contributed by atoms with Gasteiger partial charge in [-0.15, -0.1) is 0 Å². The number of amides is 3. The van der Waals surface area contributed by atoms with Crippen LogP contribution in [-0.4, -0.2) is 102 Å². The van der Waals surface area contributed by atoms with Crippen molar-refractivity contribution < 1.29 is 24.3 Å². The van der Waals surface area contributed by atoms with Crippen LogP contribution in [0.25, 0.3) is 0 Å². The van der Waals surface area contributed by atoms with Crippen LogP contribution in [0.3, 0.4) is 0 Å². The molecule has 0 radical (unpaired) electrons. The predicted molar refractivity (Wildman–Crippen MR) is 151 cm³/mol. The third-order valence-corrected chi connectivity index (χ3v) is 10.7. The normalized spacial score (nSPS) is 26.8. The SMILES string of the molecule is CNCCNC(=O)[C@H](CC(=O)NC1CC(N)CC2SSC2CC(C(=O)O)C1)N(C)C(=O)[C@@H](N)CCCCN. The van der Waals surface area contributed by atoms with Gasteiger partial charge in [-0.05, 0) is 52.1 Å². The highest BCUT2D eigenvalue weighted by molar-refractivity contribution is 8.80. The number of unbranched alkanes of at least 4 members (excludes halogenated alkanes) is 1. The van der Waals surface area contributed by atoms with Crippen molar-refractivity contribution in [1.82, 2.24) is 20.9 Å². The van der Waals surface area contributed by atoms with Crippen LogP contribution >= 0.6 is 21.6 Å². The molecule has 1 heterocycles. The summed E-state index contributed by atoms with van der Waals surface area (Å²) in [4.78, 5) is 52.4. The lowest BCUT2D eigenvalue weighted by Gasteiger charge is -2.36. The highest BCUT2D eigenvalue weighted by Gasteiger charge is 2.40. The van der Waals surface area contributed by atoms with Crippen molar-refractivity contribution in [2.45, 2.75) is 86.0 Å². The van der Waals surface area contributed by atoms with Gasteiger partial charge in [-0.3, -0.25) is 19.2 Å². The van der Waals surface area contributed by atoms with E-state index in [9.17, 15) is 24.3 Å². The molecule has 10 N–H and O–H groups in total. The Kier molecular flexibility index (Phi) is 14.2. The summed E-state index contributed by atoms with van der Waals surface area (Å²) in [5, 5.41) is 19.0. The molecule has 1 saturated carbocycles. The molecule has 0 aromatic rings. The maximum Gasteiger partial charge on any atom is 0.306 e. The molecule has 5 unspecified atom stereocenters. The fourth-order valence-corrected chi connectivity index (χ4v) is 7.87. The van der Waals surface area contributed by atoms with Gasteiger partial charge in [0.05, 0.1) is 18.4 Å². The molecule has 2 rings (SSSR count). The topological polar surface area (TPSA) is 206 Å². The summed E-state index contributed by atoms with van der Waals surface area (Å²) in [7, 11) is 6.67. The Morgan fingerprint density at radius 2 is 1.74 bits per heavy atom. The summed E-state index contributed by atoms with van der Waals surface area (Å²) in [6.07, 6.45) is 3.58. The van der Waals surface area contributed by atoms with E-state index in [2.05, 4.69) is 16.0 Å². The van der Waals surface area contributed by atoms with E-state index in [-0.39, 0.29) is 24.1 Å². The van der Waals surface area contributed by atoms with Crippen LogP contribution in [-0.2, 0) is 19.2 Å². The van der Waals surface area contributed by atoms with Crippen LogP contribution in [0.15, 0.2) is 0 Å². The predicted octanol–water partition coefficient (Wildman–Crippen LogP) is -0.785. The maximum absolute atomic E-state index is 13.2. The summed E-state index contributed by atoms with van der Waals surface area (Å²) in [5.74, 6) is -2.80. The second kappa shape index (κ2) is 16.5. The number of hydrogen-bond donors (Lipinski definition) is 7. The Labute approximate surface area is 233 Å². The van der Waals surface area contributed by atoms with E-state index in [1.807, 2.05) is 0 Å². The third kappa shape index (κ3) is 10.2. The van der Waals surface area contributed by atoms with Crippen LogP contribution in [0.1, 0.15) is 51.4 Å². The van der Waals surface area contributed by atoms with Crippen molar-refractivity contribution in [3.05, 3.63) is 0 Å². The van der Waals surface area contributed by atoms with Crippen molar-refractivity contribution in [2.24, 2.45) is 23.1 Å². The van der Waals surface area contributed by atoms with Crippen molar-refractivity contribution in [2.75, 3.05) is 33.7 Å². The Hall–Kier alpha value is -1.58. The molecule has 3 amide bonds. The van der Waals surface area contributed by atoms with Gasteiger partial charge in [0.25, 0.3) is 0 Å². The molecule has 2 aliphatic rings. The molecule has 0 bridgehead atoms. The second-order valence-corrected chi connectivity index (χ2v) is 13.0. The lowest BCUT2D eigenvalue weighted by molar-refractivity contribution is -0.143. The molecule has 0 aromatic carbocycles. The smallest absolute Gasteiger partial charge is 0.306 e. The molecule has 2 fully saturated rings. The molecule has 1 aliphatic carbocycles. The van der Waals surface area contributed by atoms with Crippen molar-refractivity contribution in [1.29, 1.82) is 0 Å². The third-order valence-electron chi connectivity index (χ3n) is 7.10. The Balaban J connectivity index is 2.10. The van der Waals surface area contributed by atoms with Gasteiger partial charge in [-0.25, -0.2) is 0 Å². The monoisotopic (exact) mass is 575 g/mol. The van der Waals surface area contributed by atoms with Gasteiger partial charge in [0.15, 0.2) is 0 Å². The van der Waals surface area contributed by atoms with Gasteiger partial charge in [0.2, 0.25) is 17.7 Å². The average Bonchev–Trinajstić information content (AvgIpc) is 2.90. The molecule has 14 heteroatoms. The van der Waals surface area contributed by atoms with E-state index < -0.39 is 47.7 Å². The molecule has 12 nitrogen and oxygen atoms in total. The van der Waals surface area contributed by atoms with Gasteiger partial charge < -0.3 is 43.2 Å². The summed E-state index contributed by atoms with van der Waals surface area (Å²) in [5.41, 5.74) is 18.0. The summed E-state index contributed by atoms with van der Waals surface area (Å²) < 4.78 is 0. The first-order chi connectivity index (χ1) is 18.1. The number of nitrogens with zero attached hydrogens (tertiary/aromatic N) is 1. The average molecular weight is 576 g/mol. The van der Waals surface area contributed by atoms with E-state index in [0.29, 0.717) is 50.6 Å². The number of rotatable bonds is 14. The standard InChI is InChI=1S/C24H45N7O5S2/c1-28-7-8-29-22(33)18(31(2)23(34)17(27)5-3-4-6-25)13-21(32)30-16-9-14(24(35)36)10-19-20(38-37-19)12-15(26)11-16/h14-20,28H,3-13,25-27H2,1-2H3,(H,29,33)(H,30,32)(H,35,36)/t14?,15?,16?,17-,18-,19?,20?/m0/s1. The van der Waals surface area contributed by atoms with Gasteiger partial charge in [-0.1, -0.05) is 28.0 Å². The molecule has 1 aliphatic heterocycles. The van der Waals surface area contributed by atoms with Crippen LogP contribution < -0.4 is 33.2 Å². The molecule has 38 heavy (non-hydrogen) atoms. The van der Waals surface area contributed by atoms with E-state index >= 15 is 0 Å². The summed E-state index contributed by atoms with van der Waals surface area (Å²) >= 11 is 0. The number of aliphatic carboxylic acids is 1. The first kappa shape index (κ1) is 32.6. The summed E-state index contributed by atoms with van der Waals surface area (Å²) in [6.45, 7) is 1.35. The highest BCUT2D eigenvalue weighted by Crippen LogP contribution is 2.53. The number of hydrogen-bond acceptors (Lipinski definition) is 10. The number of carboxylic acid groups (broad SMARTS) is 1. The Morgan fingerprint density at radius 3 is 2.34 bits per heavy atom. The van der Waals surface area contributed by atoms with Gasteiger partial charge in [0.1, 0.15) is 6.04 Å². The quantitative estimate of drug-likeness (QED) is 0.101. The van der Waals surface area contributed by atoms with Gasteiger partial charge in [0, 0.05) is 42.7 Å². The van der Waals surface area contributed by atoms with Crippen LogP contribution in [0.5, 0.6) is 0 Å². The van der Waals surface area contributed by atoms with Crippen LogP contribution in [0, 0.1) is 5.92 Å². The van der Waals surface area contributed by atoms with Gasteiger partial charge in [-0.2, -0.15) is 0 Å². The molecule has 7 atom stereocenters. The van der Waals surface area contributed by atoms with E-state index in [1.165, 1.54) is 11.9 Å². The molecule has 218 valence electrons. The number of carboxylic acids is 1. The zero-order chi connectivity index (χ0) is 28.2. The zero-order valence-electron chi connectivity index (χ0n) is 22.4. The zero-order valence-corrected chi connectivity index (χ0v) is 24.0. The maximum atomic E-state index is 13.2. The molecule has 0 aromatic heterocycles. The van der Waals surface area contributed by atoms with E-state index in [0.717, 1.165) is 12.8 Å². The lowest BCUT2D eigenvalue weighted by atomic mass is 9.93. The molecular weight excluding hydrogens is 530 g/mol. The lowest BCUT2D eigenvalue weighted by Crippen LogP contribution is -2.55. The van der Waals surface area contributed by atoms with Crippen molar-refractivity contribution in [3.8, 4) is 0 Å². The van der Waals surface area contributed by atoms with E-state index in [1.54, 1.807) is 28.6 Å². The van der Waals surface area contributed by atoms with E-state index in [4.69, 9.17) is 17.2 Å². The van der Waals surface area contributed by atoms with Gasteiger partial charge >= 0.3 is 5.97 Å². The number of nitrogens with two attached hydrogens (primary N) is 3.